The lowest BCUT2D eigenvalue weighted by Gasteiger charge is -2.20. The predicted molar refractivity (Wildman–Crippen MR) is 114 cm³/mol. The monoisotopic (exact) mass is 425 g/mol. The molecular formula is C22H23N3O4S. The van der Waals surface area contributed by atoms with Gasteiger partial charge in [-0.1, -0.05) is 23.8 Å². The third-order valence-electron chi connectivity index (χ3n) is 5.56. The van der Waals surface area contributed by atoms with E-state index in [1.165, 1.54) is 24.3 Å². The Labute approximate surface area is 175 Å². The molecule has 1 saturated heterocycles. The molecule has 0 radical (unpaired) electrons. The Morgan fingerprint density at radius 1 is 0.900 bits per heavy atom. The molecule has 0 spiro atoms. The second kappa shape index (κ2) is 7.37. The van der Waals surface area contributed by atoms with Gasteiger partial charge in [-0.05, 0) is 62.1 Å². The van der Waals surface area contributed by atoms with Crippen molar-refractivity contribution in [3.63, 3.8) is 0 Å². The quantitative estimate of drug-likeness (QED) is 0.758. The third-order valence-corrected chi connectivity index (χ3v) is 6.49. The number of carbonyl (C=O) groups excluding carboxylic acids is 2. The van der Waals surface area contributed by atoms with Crippen molar-refractivity contribution in [3.05, 3.63) is 64.9 Å². The number of carbonyl (C=O) groups is 2. The zero-order valence-corrected chi connectivity index (χ0v) is 17.7. The minimum absolute atomic E-state index is 0.0762. The molecule has 2 amide bonds. The largest absolute Gasteiger partial charge is 0.366 e. The molecule has 2 heterocycles. The van der Waals surface area contributed by atoms with Crippen LogP contribution in [-0.4, -0.2) is 38.2 Å². The van der Waals surface area contributed by atoms with Gasteiger partial charge in [0.1, 0.15) is 5.70 Å². The van der Waals surface area contributed by atoms with Crippen LogP contribution in [0, 0.1) is 13.8 Å². The highest BCUT2D eigenvalue weighted by molar-refractivity contribution is 7.89. The van der Waals surface area contributed by atoms with Crippen LogP contribution in [-0.2, 0) is 19.6 Å². The van der Waals surface area contributed by atoms with Gasteiger partial charge in [0.15, 0.2) is 0 Å². The minimum atomic E-state index is -3.86. The Morgan fingerprint density at radius 2 is 1.53 bits per heavy atom. The lowest BCUT2D eigenvalue weighted by Crippen LogP contribution is -2.34. The number of rotatable bonds is 4. The van der Waals surface area contributed by atoms with Crippen LogP contribution in [0.15, 0.2) is 53.1 Å². The number of imide groups is 1. The molecule has 2 aromatic rings. The fourth-order valence-corrected chi connectivity index (χ4v) is 4.62. The first-order chi connectivity index (χ1) is 14.2. The molecule has 4 rings (SSSR count). The molecule has 2 aliphatic rings. The van der Waals surface area contributed by atoms with E-state index in [4.69, 9.17) is 5.14 Å². The number of anilines is 1. The SMILES string of the molecule is Cc1ccc(C2=C(N3CCCC3)C(=O)N(c3ccc(S(N)(=O)=O)cc3)C2=O)c(C)c1. The highest BCUT2D eigenvalue weighted by Gasteiger charge is 2.43. The van der Waals surface area contributed by atoms with Gasteiger partial charge in [0.25, 0.3) is 11.8 Å². The van der Waals surface area contributed by atoms with Crippen molar-refractivity contribution in [2.45, 2.75) is 31.6 Å². The van der Waals surface area contributed by atoms with Gasteiger partial charge >= 0.3 is 0 Å². The van der Waals surface area contributed by atoms with Crippen LogP contribution in [0.25, 0.3) is 5.57 Å². The Bertz CT molecular complexity index is 1180. The van der Waals surface area contributed by atoms with Crippen molar-refractivity contribution >= 4 is 33.1 Å². The average molecular weight is 426 g/mol. The summed E-state index contributed by atoms with van der Waals surface area (Å²) >= 11 is 0. The summed E-state index contributed by atoms with van der Waals surface area (Å²) < 4.78 is 23.1. The molecule has 8 heteroatoms. The van der Waals surface area contributed by atoms with Gasteiger partial charge in [-0.15, -0.1) is 0 Å². The molecule has 0 aromatic heterocycles. The molecule has 0 atom stereocenters. The summed E-state index contributed by atoms with van der Waals surface area (Å²) in [5, 5.41) is 5.16. The summed E-state index contributed by atoms with van der Waals surface area (Å²) in [4.78, 5) is 29.9. The first kappa shape index (κ1) is 20.3. The van der Waals surface area contributed by atoms with Gasteiger partial charge in [0.2, 0.25) is 10.0 Å². The third kappa shape index (κ3) is 3.42. The van der Waals surface area contributed by atoms with Crippen molar-refractivity contribution in [2.75, 3.05) is 18.0 Å². The Morgan fingerprint density at radius 3 is 2.10 bits per heavy atom. The fourth-order valence-electron chi connectivity index (χ4n) is 4.11. The summed E-state index contributed by atoms with van der Waals surface area (Å²) in [6.45, 7) is 5.35. The number of likely N-dealkylation sites (tertiary alicyclic amines) is 1. The van der Waals surface area contributed by atoms with Gasteiger partial charge in [-0.25, -0.2) is 18.5 Å². The van der Waals surface area contributed by atoms with E-state index in [9.17, 15) is 18.0 Å². The number of primary sulfonamides is 1. The maximum Gasteiger partial charge on any atom is 0.282 e. The summed E-state index contributed by atoms with van der Waals surface area (Å²) in [6.07, 6.45) is 1.93. The summed E-state index contributed by atoms with van der Waals surface area (Å²) in [5.74, 6) is -0.794. The van der Waals surface area contributed by atoms with Gasteiger partial charge in [0.05, 0.1) is 16.2 Å². The van der Waals surface area contributed by atoms with Gasteiger partial charge in [0, 0.05) is 13.1 Å². The van der Waals surface area contributed by atoms with Crippen LogP contribution in [0.4, 0.5) is 5.69 Å². The second-order valence-electron chi connectivity index (χ2n) is 7.72. The van der Waals surface area contributed by atoms with Crippen LogP contribution in [0.5, 0.6) is 0 Å². The smallest absolute Gasteiger partial charge is 0.282 e. The van der Waals surface area contributed by atoms with Crippen LogP contribution in [0.3, 0.4) is 0 Å². The minimum Gasteiger partial charge on any atom is -0.366 e. The van der Waals surface area contributed by atoms with Crippen molar-refractivity contribution in [1.29, 1.82) is 0 Å². The lowest BCUT2D eigenvalue weighted by atomic mass is 9.97. The normalized spacial score (nSPS) is 17.4. The van der Waals surface area contributed by atoms with Crippen LogP contribution in [0.1, 0.15) is 29.5 Å². The molecular weight excluding hydrogens is 402 g/mol. The van der Waals surface area contributed by atoms with E-state index < -0.39 is 15.9 Å². The summed E-state index contributed by atoms with van der Waals surface area (Å²) in [6, 6.07) is 11.3. The number of aryl methyl sites for hydroxylation is 2. The van der Waals surface area contributed by atoms with E-state index in [1.54, 1.807) is 0 Å². The first-order valence-corrected chi connectivity index (χ1v) is 11.3. The Hall–Kier alpha value is -2.97. The highest BCUT2D eigenvalue weighted by atomic mass is 32.2. The molecule has 0 aliphatic carbocycles. The van der Waals surface area contributed by atoms with Crippen molar-refractivity contribution in [1.82, 2.24) is 4.90 Å². The van der Waals surface area contributed by atoms with E-state index in [1.807, 2.05) is 36.9 Å². The number of amides is 2. The first-order valence-electron chi connectivity index (χ1n) is 9.77. The van der Waals surface area contributed by atoms with Crippen molar-refractivity contribution in [3.8, 4) is 0 Å². The van der Waals surface area contributed by atoms with Gasteiger partial charge in [-0.3, -0.25) is 9.59 Å². The van der Waals surface area contributed by atoms with Gasteiger partial charge in [-0.2, -0.15) is 0 Å². The fraction of sp³-hybridized carbons (Fsp3) is 0.273. The average Bonchev–Trinajstić information content (AvgIpc) is 3.28. The second-order valence-corrected chi connectivity index (χ2v) is 9.28. The van der Waals surface area contributed by atoms with Crippen LogP contribution < -0.4 is 10.0 Å². The number of nitrogens with zero attached hydrogens (tertiary/aromatic N) is 2. The van der Waals surface area contributed by atoms with Crippen LogP contribution in [0.2, 0.25) is 0 Å². The molecule has 0 unspecified atom stereocenters. The van der Waals surface area contributed by atoms with E-state index in [-0.39, 0.29) is 10.8 Å². The molecule has 0 bridgehead atoms. The topological polar surface area (TPSA) is 101 Å². The Kier molecular flexibility index (Phi) is 4.99. The molecule has 30 heavy (non-hydrogen) atoms. The van der Waals surface area contributed by atoms with E-state index in [0.29, 0.717) is 17.0 Å². The number of sulfonamides is 1. The number of hydrogen-bond donors (Lipinski definition) is 1. The predicted octanol–water partition coefficient (Wildman–Crippen LogP) is 2.33. The summed E-state index contributed by atoms with van der Waals surface area (Å²) in [7, 11) is -3.86. The maximum absolute atomic E-state index is 13.5. The molecule has 156 valence electrons. The molecule has 2 N–H and O–H groups in total. The van der Waals surface area contributed by atoms with E-state index in [0.717, 1.165) is 47.5 Å². The van der Waals surface area contributed by atoms with Crippen LogP contribution >= 0.6 is 0 Å². The number of nitrogens with two attached hydrogens (primary N) is 1. The molecule has 2 aromatic carbocycles. The Balaban J connectivity index is 1.82. The highest BCUT2D eigenvalue weighted by Crippen LogP contribution is 2.37. The van der Waals surface area contributed by atoms with E-state index in [2.05, 4.69) is 0 Å². The molecule has 1 fully saturated rings. The lowest BCUT2D eigenvalue weighted by molar-refractivity contribution is -0.120. The molecule has 2 aliphatic heterocycles. The van der Waals surface area contributed by atoms with Crippen molar-refractivity contribution in [2.24, 2.45) is 5.14 Å². The standard InChI is InChI=1S/C22H23N3O4S/c1-14-5-10-18(15(2)13-14)19-20(24-11-3-4-12-24)22(27)25(21(19)26)16-6-8-17(9-7-16)30(23,28)29/h5-10,13H,3-4,11-12H2,1-2H3,(H2,23,28,29). The zero-order chi connectivity index (χ0) is 21.6. The number of benzene rings is 2. The van der Waals surface area contributed by atoms with Gasteiger partial charge < -0.3 is 4.90 Å². The zero-order valence-electron chi connectivity index (χ0n) is 16.9. The number of hydrogen-bond acceptors (Lipinski definition) is 5. The maximum atomic E-state index is 13.5. The van der Waals surface area contributed by atoms with E-state index >= 15 is 0 Å². The van der Waals surface area contributed by atoms with Crippen molar-refractivity contribution < 1.29 is 18.0 Å². The summed E-state index contributed by atoms with van der Waals surface area (Å²) in [5.41, 5.74) is 3.87. The molecule has 0 saturated carbocycles. The molecule has 7 nitrogen and oxygen atoms in total.